The highest BCUT2D eigenvalue weighted by atomic mass is 35.5. The van der Waals surface area contributed by atoms with E-state index in [0.29, 0.717) is 34.4 Å². The summed E-state index contributed by atoms with van der Waals surface area (Å²) < 4.78 is 0. The van der Waals surface area contributed by atoms with Crippen LogP contribution < -0.4 is 5.32 Å². The lowest BCUT2D eigenvalue weighted by molar-refractivity contribution is -0.139. The number of halogens is 2. The van der Waals surface area contributed by atoms with Crippen molar-refractivity contribution < 1.29 is 9.90 Å². The SMILES string of the molecule is O=C(O)[C@@H](Cc1c[nH]c2ccccc12)NCc1nn(Cc2ccc(Cl)cc2Cl)nc1-c1ccccc1. The normalized spacial score (nSPS) is 12.2. The van der Waals surface area contributed by atoms with Crippen LogP contribution in [0.1, 0.15) is 16.8 Å². The molecule has 2 aromatic heterocycles. The van der Waals surface area contributed by atoms with Crippen LogP contribution in [0.3, 0.4) is 0 Å². The molecule has 9 heteroatoms. The standard InChI is InChI=1S/C27H23Cl2N5O2/c28-20-11-10-18(22(29)13-20)16-34-32-25(26(33-34)17-6-2-1-3-7-17)15-31-24(27(35)36)12-19-14-30-23-9-5-4-8-21(19)23/h1-11,13-14,24,30-31H,12,15-16H2,(H,35,36)/t24-/m1/s1. The van der Waals surface area contributed by atoms with E-state index in [1.807, 2.05) is 66.9 Å². The molecule has 0 aliphatic rings. The molecule has 0 amide bonds. The zero-order valence-corrected chi connectivity index (χ0v) is 20.7. The topological polar surface area (TPSA) is 95.8 Å². The minimum Gasteiger partial charge on any atom is -0.480 e. The van der Waals surface area contributed by atoms with Crippen LogP contribution in [0.2, 0.25) is 10.0 Å². The van der Waals surface area contributed by atoms with Crippen LogP contribution >= 0.6 is 23.2 Å². The van der Waals surface area contributed by atoms with Gasteiger partial charge in [-0.3, -0.25) is 10.1 Å². The second-order valence-electron chi connectivity index (χ2n) is 8.46. The number of benzene rings is 3. The van der Waals surface area contributed by atoms with E-state index in [1.165, 1.54) is 0 Å². The van der Waals surface area contributed by atoms with Crippen molar-refractivity contribution in [1.82, 2.24) is 25.3 Å². The zero-order valence-electron chi connectivity index (χ0n) is 19.2. The van der Waals surface area contributed by atoms with E-state index in [2.05, 4.69) is 15.4 Å². The van der Waals surface area contributed by atoms with E-state index in [0.717, 1.165) is 27.6 Å². The summed E-state index contributed by atoms with van der Waals surface area (Å²) in [6, 6.07) is 22.0. The van der Waals surface area contributed by atoms with Gasteiger partial charge in [-0.2, -0.15) is 15.0 Å². The minimum absolute atomic E-state index is 0.234. The molecule has 0 bridgehead atoms. The highest BCUT2D eigenvalue weighted by molar-refractivity contribution is 6.35. The van der Waals surface area contributed by atoms with Crippen molar-refractivity contribution in [3.8, 4) is 11.3 Å². The Bertz CT molecular complexity index is 1510. The molecule has 0 spiro atoms. The van der Waals surface area contributed by atoms with E-state index < -0.39 is 12.0 Å². The van der Waals surface area contributed by atoms with Gasteiger partial charge in [-0.05, 0) is 29.3 Å². The summed E-state index contributed by atoms with van der Waals surface area (Å²) in [6.45, 7) is 0.589. The number of nitrogens with one attached hydrogen (secondary N) is 2. The number of carboxylic acid groups (broad SMARTS) is 1. The van der Waals surface area contributed by atoms with Crippen LogP contribution in [0.25, 0.3) is 22.2 Å². The van der Waals surface area contributed by atoms with Crippen molar-refractivity contribution in [2.24, 2.45) is 0 Å². The van der Waals surface area contributed by atoms with Gasteiger partial charge in [0.05, 0.1) is 6.54 Å². The highest BCUT2D eigenvalue weighted by Gasteiger charge is 2.22. The number of carboxylic acids is 1. The van der Waals surface area contributed by atoms with Crippen molar-refractivity contribution in [1.29, 1.82) is 0 Å². The van der Waals surface area contributed by atoms with Gasteiger partial charge in [0.2, 0.25) is 0 Å². The fourth-order valence-corrected chi connectivity index (χ4v) is 4.65. The maximum Gasteiger partial charge on any atom is 0.321 e. The van der Waals surface area contributed by atoms with Crippen molar-refractivity contribution in [3.63, 3.8) is 0 Å². The number of hydrogen-bond acceptors (Lipinski definition) is 4. The molecule has 0 saturated carbocycles. The molecule has 36 heavy (non-hydrogen) atoms. The fraction of sp³-hybridized carbons (Fsp3) is 0.148. The average molecular weight is 520 g/mol. The van der Waals surface area contributed by atoms with Gasteiger partial charge in [-0.25, -0.2) is 0 Å². The number of H-pyrrole nitrogens is 1. The molecule has 3 aromatic carbocycles. The number of para-hydroxylation sites is 1. The first-order valence-corrected chi connectivity index (χ1v) is 12.2. The molecule has 5 rings (SSSR count). The third-order valence-electron chi connectivity index (χ3n) is 6.01. The lowest BCUT2D eigenvalue weighted by Crippen LogP contribution is -2.38. The molecule has 0 saturated heterocycles. The number of hydrogen-bond donors (Lipinski definition) is 3. The number of aromatic amines is 1. The molecule has 3 N–H and O–H groups in total. The summed E-state index contributed by atoms with van der Waals surface area (Å²) in [6.07, 6.45) is 2.19. The van der Waals surface area contributed by atoms with Crippen LogP contribution in [0.15, 0.2) is 79.0 Å². The molecule has 7 nitrogen and oxygen atoms in total. The lowest BCUT2D eigenvalue weighted by Gasteiger charge is -2.13. The predicted octanol–water partition coefficient (Wildman–Crippen LogP) is 5.57. The van der Waals surface area contributed by atoms with E-state index in [-0.39, 0.29) is 6.54 Å². The third kappa shape index (κ3) is 5.28. The maximum atomic E-state index is 12.1. The van der Waals surface area contributed by atoms with Gasteiger partial charge < -0.3 is 10.1 Å². The van der Waals surface area contributed by atoms with E-state index in [4.69, 9.17) is 28.3 Å². The molecule has 0 aliphatic heterocycles. The summed E-state index contributed by atoms with van der Waals surface area (Å²) in [5.41, 5.74) is 4.98. The fourth-order valence-electron chi connectivity index (χ4n) is 4.18. The van der Waals surface area contributed by atoms with Crippen molar-refractivity contribution in [3.05, 3.63) is 106 Å². The number of carbonyl (C=O) groups is 1. The summed E-state index contributed by atoms with van der Waals surface area (Å²) in [5, 5.41) is 24.6. The highest BCUT2D eigenvalue weighted by Crippen LogP contribution is 2.24. The van der Waals surface area contributed by atoms with Gasteiger partial charge in [-0.15, -0.1) is 0 Å². The molecular weight excluding hydrogens is 497 g/mol. The summed E-state index contributed by atoms with van der Waals surface area (Å²) in [4.78, 5) is 16.9. The molecular formula is C27H23Cl2N5O2. The molecule has 2 heterocycles. The Morgan fingerprint density at radius 2 is 1.78 bits per heavy atom. The predicted molar refractivity (Wildman–Crippen MR) is 141 cm³/mol. The number of fused-ring (bicyclic) bond motifs is 1. The second-order valence-corrected chi connectivity index (χ2v) is 9.31. The number of aliphatic carboxylic acids is 1. The molecule has 5 aromatic rings. The van der Waals surface area contributed by atoms with Gasteiger partial charge in [0, 0.05) is 45.7 Å². The number of rotatable bonds is 9. The van der Waals surface area contributed by atoms with Gasteiger partial charge in [0.25, 0.3) is 0 Å². The van der Waals surface area contributed by atoms with E-state index >= 15 is 0 Å². The Morgan fingerprint density at radius 1 is 1.00 bits per heavy atom. The quantitative estimate of drug-likeness (QED) is 0.236. The summed E-state index contributed by atoms with van der Waals surface area (Å²) in [5.74, 6) is -0.929. The molecule has 1 atom stereocenters. The van der Waals surface area contributed by atoms with E-state index in [9.17, 15) is 9.90 Å². The van der Waals surface area contributed by atoms with Crippen LogP contribution in [0.5, 0.6) is 0 Å². The molecule has 0 radical (unpaired) electrons. The van der Waals surface area contributed by atoms with Gasteiger partial charge in [0.1, 0.15) is 17.4 Å². The molecule has 182 valence electrons. The molecule has 0 aliphatic carbocycles. The second kappa shape index (κ2) is 10.5. The Hall–Kier alpha value is -3.65. The number of aromatic nitrogens is 4. The minimum atomic E-state index is -0.929. The van der Waals surface area contributed by atoms with Crippen LogP contribution in [0.4, 0.5) is 0 Å². The Kier molecular flexibility index (Phi) is 7.04. The average Bonchev–Trinajstić information content (AvgIpc) is 3.48. The van der Waals surface area contributed by atoms with E-state index in [1.54, 1.807) is 16.9 Å². The summed E-state index contributed by atoms with van der Waals surface area (Å²) in [7, 11) is 0. The lowest BCUT2D eigenvalue weighted by atomic mass is 10.0. The van der Waals surface area contributed by atoms with Gasteiger partial charge in [-0.1, -0.05) is 77.8 Å². The molecule has 0 unspecified atom stereocenters. The van der Waals surface area contributed by atoms with Crippen molar-refractivity contribution >= 4 is 40.1 Å². The smallest absolute Gasteiger partial charge is 0.321 e. The van der Waals surface area contributed by atoms with Gasteiger partial charge >= 0.3 is 5.97 Å². The Balaban J connectivity index is 1.40. The Labute approximate surface area is 217 Å². The Morgan fingerprint density at radius 3 is 2.56 bits per heavy atom. The van der Waals surface area contributed by atoms with Crippen LogP contribution in [-0.4, -0.2) is 37.1 Å². The number of nitrogens with zero attached hydrogens (tertiary/aromatic N) is 3. The van der Waals surface area contributed by atoms with Gasteiger partial charge in [0.15, 0.2) is 0 Å². The third-order valence-corrected chi connectivity index (χ3v) is 6.60. The summed E-state index contributed by atoms with van der Waals surface area (Å²) >= 11 is 12.4. The zero-order chi connectivity index (χ0) is 25.1. The van der Waals surface area contributed by atoms with Crippen molar-refractivity contribution in [2.45, 2.75) is 25.6 Å². The first kappa shape index (κ1) is 24.1. The largest absolute Gasteiger partial charge is 0.480 e. The van der Waals surface area contributed by atoms with Crippen LogP contribution in [0, 0.1) is 0 Å². The molecule has 0 fully saturated rings. The first-order chi connectivity index (χ1) is 17.5. The maximum absolute atomic E-state index is 12.1. The van der Waals surface area contributed by atoms with Crippen LogP contribution in [-0.2, 0) is 24.3 Å². The van der Waals surface area contributed by atoms with Crippen molar-refractivity contribution in [2.75, 3.05) is 0 Å². The first-order valence-electron chi connectivity index (χ1n) is 11.4. The monoisotopic (exact) mass is 519 g/mol.